The zero-order valence-electron chi connectivity index (χ0n) is 21.3. The van der Waals surface area contributed by atoms with Gasteiger partial charge in [-0.05, 0) is 74.6 Å². The Labute approximate surface area is 217 Å². The van der Waals surface area contributed by atoms with E-state index >= 15 is 0 Å². The second kappa shape index (κ2) is 12.2. The fourth-order valence-corrected chi connectivity index (χ4v) is 5.24. The van der Waals surface area contributed by atoms with Gasteiger partial charge in [0.25, 0.3) is 0 Å². The van der Waals surface area contributed by atoms with Crippen LogP contribution in [0.5, 0.6) is 0 Å². The van der Waals surface area contributed by atoms with E-state index in [0.29, 0.717) is 26.2 Å². The predicted molar refractivity (Wildman–Crippen MR) is 145 cm³/mol. The third-order valence-electron chi connectivity index (χ3n) is 6.53. The molecule has 1 aromatic heterocycles. The highest BCUT2D eigenvalue weighted by Gasteiger charge is 2.27. The van der Waals surface area contributed by atoms with Crippen LogP contribution in [0, 0.1) is 20.8 Å². The van der Waals surface area contributed by atoms with Crippen LogP contribution in [0.4, 0.5) is 10.5 Å². The van der Waals surface area contributed by atoms with Gasteiger partial charge in [-0.2, -0.15) is 0 Å². The number of hydrogen-bond donors (Lipinski definition) is 1. The number of urea groups is 1. The number of amides is 3. The molecule has 1 unspecified atom stereocenters. The Kier molecular flexibility index (Phi) is 8.78. The lowest BCUT2D eigenvalue weighted by Crippen LogP contribution is -2.46. The summed E-state index contributed by atoms with van der Waals surface area (Å²) in [4.78, 5) is 32.8. The molecule has 1 fully saturated rings. The first-order valence-corrected chi connectivity index (χ1v) is 13.3. The molecular formula is C29H35N3O3S. The molecule has 3 aromatic rings. The lowest BCUT2D eigenvalue weighted by atomic mass is 10.1. The number of ether oxygens (including phenoxy) is 1. The molecule has 0 bridgehead atoms. The number of rotatable bonds is 9. The van der Waals surface area contributed by atoms with Crippen molar-refractivity contribution in [1.82, 2.24) is 9.80 Å². The van der Waals surface area contributed by atoms with Crippen molar-refractivity contribution in [2.75, 3.05) is 25.0 Å². The minimum atomic E-state index is -0.284. The Morgan fingerprint density at radius 1 is 0.972 bits per heavy atom. The number of aryl methyl sites for hydroxylation is 3. The maximum Gasteiger partial charge on any atom is 0.322 e. The standard InChI is InChI=1S/C29H35N3O3S/c1-21-11-13-25(16-22(21)2)30-29(34)32(18-26-10-7-15-35-26)20-28(33)31(17-24-8-5-4-6-9-24)19-27-14-12-23(3)36-27/h4-6,8-9,11-14,16,26H,7,10,15,17-20H2,1-3H3,(H,30,34). The van der Waals surface area contributed by atoms with Crippen molar-refractivity contribution in [2.24, 2.45) is 0 Å². The first-order valence-electron chi connectivity index (χ1n) is 12.5. The Morgan fingerprint density at radius 2 is 1.78 bits per heavy atom. The second-order valence-corrected chi connectivity index (χ2v) is 10.9. The molecule has 1 N–H and O–H groups in total. The number of nitrogens with one attached hydrogen (secondary N) is 1. The van der Waals surface area contributed by atoms with Gasteiger partial charge < -0.3 is 19.9 Å². The summed E-state index contributed by atoms with van der Waals surface area (Å²) in [5.74, 6) is -0.0851. The molecule has 0 saturated carbocycles. The van der Waals surface area contributed by atoms with Crippen LogP contribution in [0.1, 0.15) is 39.3 Å². The molecule has 2 heterocycles. The van der Waals surface area contributed by atoms with Crippen molar-refractivity contribution in [1.29, 1.82) is 0 Å². The summed E-state index contributed by atoms with van der Waals surface area (Å²) in [6.07, 6.45) is 1.82. The zero-order chi connectivity index (χ0) is 25.5. The highest BCUT2D eigenvalue weighted by atomic mass is 32.1. The monoisotopic (exact) mass is 505 g/mol. The lowest BCUT2D eigenvalue weighted by Gasteiger charge is -2.29. The molecular weight excluding hydrogens is 470 g/mol. The number of benzene rings is 2. The fourth-order valence-electron chi connectivity index (χ4n) is 4.33. The summed E-state index contributed by atoms with van der Waals surface area (Å²) in [6, 6.07) is 19.7. The highest BCUT2D eigenvalue weighted by Crippen LogP contribution is 2.20. The molecule has 4 rings (SSSR count). The van der Waals surface area contributed by atoms with Crippen molar-refractivity contribution in [3.05, 3.63) is 87.1 Å². The average molecular weight is 506 g/mol. The van der Waals surface area contributed by atoms with E-state index in [1.807, 2.05) is 67.3 Å². The van der Waals surface area contributed by atoms with Gasteiger partial charge in [-0.25, -0.2) is 4.79 Å². The highest BCUT2D eigenvalue weighted by molar-refractivity contribution is 7.11. The number of thiophene rings is 1. The Balaban J connectivity index is 1.51. The fraction of sp³-hybridized carbons (Fsp3) is 0.379. The van der Waals surface area contributed by atoms with Gasteiger partial charge in [0.05, 0.1) is 12.6 Å². The summed E-state index contributed by atoms with van der Waals surface area (Å²) in [5, 5.41) is 2.99. The van der Waals surface area contributed by atoms with E-state index in [2.05, 4.69) is 24.4 Å². The lowest BCUT2D eigenvalue weighted by molar-refractivity contribution is -0.133. The third-order valence-corrected chi connectivity index (χ3v) is 7.52. The summed E-state index contributed by atoms with van der Waals surface area (Å²) in [6.45, 7) is 8.21. The van der Waals surface area contributed by atoms with Crippen LogP contribution in [-0.4, -0.2) is 47.5 Å². The van der Waals surface area contributed by atoms with Crippen LogP contribution in [0.15, 0.2) is 60.7 Å². The van der Waals surface area contributed by atoms with Gasteiger partial charge in [0.2, 0.25) is 5.91 Å². The van der Waals surface area contributed by atoms with Gasteiger partial charge in [-0.1, -0.05) is 36.4 Å². The van der Waals surface area contributed by atoms with Crippen LogP contribution in [-0.2, 0) is 22.6 Å². The SMILES string of the molecule is Cc1ccc(CN(Cc2ccccc2)C(=O)CN(CC2CCCO2)C(=O)Nc2ccc(C)c(C)c2)s1. The van der Waals surface area contributed by atoms with E-state index in [0.717, 1.165) is 34.5 Å². The normalized spacial score (nSPS) is 15.0. The molecule has 1 saturated heterocycles. The van der Waals surface area contributed by atoms with Crippen molar-refractivity contribution in [3.8, 4) is 0 Å². The minimum Gasteiger partial charge on any atom is -0.376 e. The van der Waals surface area contributed by atoms with Gasteiger partial charge in [-0.15, -0.1) is 11.3 Å². The Bertz CT molecular complexity index is 1170. The number of carbonyl (C=O) groups excluding carboxylic acids is 2. The first-order chi connectivity index (χ1) is 17.4. The number of carbonyl (C=O) groups is 2. The number of anilines is 1. The van der Waals surface area contributed by atoms with Crippen molar-refractivity contribution < 1.29 is 14.3 Å². The van der Waals surface area contributed by atoms with Crippen LogP contribution >= 0.6 is 11.3 Å². The molecule has 7 heteroatoms. The molecule has 0 radical (unpaired) electrons. The predicted octanol–water partition coefficient (Wildman–Crippen LogP) is 5.92. The molecule has 1 atom stereocenters. The van der Waals surface area contributed by atoms with Crippen LogP contribution in [0.2, 0.25) is 0 Å². The molecule has 6 nitrogen and oxygen atoms in total. The topological polar surface area (TPSA) is 61.9 Å². The van der Waals surface area contributed by atoms with Crippen LogP contribution in [0.3, 0.4) is 0 Å². The molecule has 1 aliphatic rings. The van der Waals surface area contributed by atoms with Gasteiger partial charge in [0, 0.05) is 35.1 Å². The van der Waals surface area contributed by atoms with Crippen LogP contribution in [0.25, 0.3) is 0 Å². The molecule has 190 valence electrons. The number of nitrogens with zero attached hydrogens (tertiary/aromatic N) is 2. The van der Waals surface area contributed by atoms with Crippen molar-refractivity contribution >= 4 is 29.0 Å². The van der Waals surface area contributed by atoms with E-state index in [1.165, 1.54) is 10.4 Å². The summed E-state index contributed by atoms with van der Waals surface area (Å²) in [7, 11) is 0. The minimum absolute atomic E-state index is 0.00622. The maximum absolute atomic E-state index is 13.7. The first kappa shape index (κ1) is 25.9. The molecule has 1 aliphatic heterocycles. The zero-order valence-corrected chi connectivity index (χ0v) is 22.1. The van der Waals surface area contributed by atoms with Crippen molar-refractivity contribution in [3.63, 3.8) is 0 Å². The average Bonchev–Trinajstić information content (AvgIpc) is 3.52. The Morgan fingerprint density at radius 3 is 2.44 bits per heavy atom. The van der Waals surface area contributed by atoms with E-state index in [9.17, 15) is 9.59 Å². The van der Waals surface area contributed by atoms with Gasteiger partial charge in [0.1, 0.15) is 6.54 Å². The molecule has 36 heavy (non-hydrogen) atoms. The Hall–Kier alpha value is -3.16. The molecule has 0 spiro atoms. The number of hydrogen-bond acceptors (Lipinski definition) is 4. The van der Waals surface area contributed by atoms with Crippen LogP contribution < -0.4 is 5.32 Å². The molecule has 2 aromatic carbocycles. The largest absolute Gasteiger partial charge is 0.376 e. The van der Waals surface area contributed by atoms with Gasteiger partial charge in [-0.3, -0.25) is 4.79 Å². The maximum atomic E-state index is 13.7. The second-order valence-electron chi connectivity index (χ2n) is 9.49. The molecule has 3 amide bonds. The van der Waals surface area contributed by atoms with E-state index < -0.39 is 0 Å². The quantitative estimate of drug-likeness (QED) is 0.393. The summed E-state index contributed by atoms with van der Waals surface area (Å²) >= 11 is 1.69. The van der Waals surface area contributed by atoms with Gasteiger partial charge >= 0.3 is 6.03 Å². The third kappa shape index (κ3) is 7.18. The van der Waals surface area contributed by atoms with E-state index in [4.69, 9.17) is 4.74 Å². The van der Waals surface area contributed by atoms with E-state index in [1.54, 1.807) is 16.2 Å². The van der Waals surface area contributed by atoms with E-state index in [-0.39, 0.29) is 24.6 Å². The summed E-state index contributed by atoms with van der Waals surface area (Å²) < 4.78 is 5.81. The summed E-state index contributed by atoms with van der Waals surface area (Å²) in [5.41, 5.74) is 4.06. The molecule has 0 aliphatic carbocycles. The van der Waals surface area contributed by atoms with Gasteiger partial charge in [0.15, 0.2) is 0 Å². The van der Waals surface area contributed by atoms with Crippen molar-refractivity contribution in [2.45, 2.75) is 52.8 Å². The smallest absolute Gasteiger partial charge is 0.322 e.